The molecule has 2 saturated heterocycles. The Morgan fingerprint density at radius 2 is 1.89 bits per heavy atom. The van der Waals surface area contributed by atoms with Gasteiger partial charge in [-0.2, -0.15) is 25.3 Å². The Labute approximate surface area is 181 Å². The summed E-state index contributed by atoms with van der Waals surface area (Å²) in [4.78, 5) is 5.27. The Hall–Kier alpha value is 0.0900. The number of nitrogens with zero attached hydrogens (tertiary/aromatic N) is 2. The van der Waals surface area contributed by atoms with E-state index in [1.54, 1.807) is 0 Å². The first-order chi connectivity index (χ1) is 13.1. The van der Waals surface area contributed by atoms with E-state index in [1.807, 2.05) is 0 Å². The van der Waals surface area contributed by atoms with Gasteiger partial charge < -0.3 is 15.1 Å². The average Bonchev–Trinajstić information content (AvgIpc) is 2.91. The quantitative estimate of drug-likeness (QED) is 0.391. The lowest BCUT2D eigenvalue weighted by Gasteiger charge is -2.45. The lowest BCUT2D eigenvalue weighted by Crippen LogP contribution is -2.50. The highest BCUT2D eigenvalue weighted by molar-refractivity contribution is 7.80. The van der Waals surface area contributed by atoms with Gasteiger partial charge in [0, 0.05) is 61.3 Å². The monoisotopic (exact) mass is 427 g/mol. The lowest BCUT2D eigenvalue weighted by atomic mass is 9.76. The zero-order valence-electron chi connectivity index (χ0n) is 16.4. The summed E-state index contributed by atoms with van der Waals surface area (Å²) in [6.45, 7) is 5.28. The van der Waals surface area contributed by atoms with Crippen LogP contribution in [0.4, 0.5) is 0 Å². The minimum atomic E-state index is 0.629. The third kappa shape index (κ3) is 5.58. The number of hydrogen-bond acceptors (Lipinski definition) is 5. The maximum atomic E-state index is 6.15. The van der Waals surface area contributed by atoms with Crippen LogP contribution < -0.4 is 5.32 Å². The van der Waals surface area contributed by atoms with Crippen LogP contribution in [0.15, 0.2) is 24.3 Å². The largest absolute Gasteiger partial charge is 0.315 e. The predicted molar refractivity (Wildman–Crippen MR) is 124 cm³/mol. The van der Waals surface area contributed by atoms with Crippen molar-refractivity contribution in [1.82, 2.24) is 15.1 Å². The molecular weight excluding hydrogens is 394 g/mol. The van der Waals surface area contributed by atoms with Crippen LogP contribution in [-0.4, -0.2) is 73.2 Å². The fourth-order valence-corrected chi connectivity index (χ4v) is 5.66. The van der Waals surface area contributed by atoms with Gasteiger partial charge in [0.05, 0.1) is 0 Å². The molecular formula is C21H34ClN3S2. The van der Waals surface area contributed by atoms with Gasteiger partial charge in [0.25, 0.3) is 0 Å². The summed E-state index contributed by atoms with van der Waals surface area (Å²) in [5, 5.41) is 4.32. The molecule has 0 amide bonds. The topological polar surface area (TPSA) is 18.5 Å². The highest BCUT2D eigenvalue weighted by atomic mass is 35.5. The number of benzene rings is 1. The van der Waals surface area contributed by atoms with Crippen molar-refractivity contribution < 1.29 is 0 Å². The number of nitrogens with one attached hydrogen (secondary N) is 1. The van der Waals surface area contributed by atoms with E-state index in [-0.39, 0.29) is 0 Å². The van der Waals surface area contributed by atoms with Gasteiger partial charge in [0.1, 0.15) is 0 Å². The van der Waals surface area contributed by atoms with Gasteiger partial charge >= 0.3 is 0 Å². The molecule has 2 aliphatic rings. The Bertz CT molecular complexity index is 571. The molecule has 2 fully saturated rings. The molecule has 1 aromatic carbocycles. The molecule has 2 unspecified atom stereocenters. The van der Waals surface area contributed by atoms with Crippen LogP contribution in [0.2, 0.25) is 5.02 Å². The first kappa shape index (κ1) is 21.8. The molecule has 0 saturated carbocycles. The standard InChI is InChI=1S/C21H34ClN3S2/c1-24-18-6-7-21(24)20(15-25(11-13-27)10-8-23-9-12-26)19(14-18)16-2-4-17(22)5-3-16/h2-5,18-21,23,26-27H,6-15H2,1H3/t18-,19-,20?,21?/m1/s1. The minimum Gasteiger partial charge on any atom is -0.315 e. The number of hydrogen-bond donors (Lipinski definition) is 3. The Morgan fingerprint density at radius 1 is 1.11 bits per heavy atom. The second-order valence-electron chi connectivity index (χ2n) is 8.02. The summed E-state index contributed by atoms with van der Waals surface area (Å²) in [7, 11) is 2.34. The van der Waals surface area contributed by atoms with Crippen LogP contribution in [0, 0.1) is 5.92 Å². The van der Waals surface area contributed by atoms with Gasteiger partial charge in [0.15, 0.2) is 0 Å². The second-order valence-corrected chi connectivity index (χ2v) is 9.35. The highest BCUT2D eigenvalue weighted by Gasteiger charge is 2.46. The maximum absolute atomic E-state index is 6.15. The average molecular weight is 428 g/mol. The third-order valence-corrected chi connectivity index (χ3v) is 7.18. The van der Waals surface area contributed by atoms with E-state index < -0.39 is 0 Å². The molecule has 3 rings (SSSR count). The molecule has 6 heteroatoms. The van der Waals surface area contributed by atoms with Crippen molar-refractivity contribution in [2.75, 3.05) is 51.3 Å². The first-order valence-electron chi connectivity index (χ1n) is 10.3. The van der Waals surface area contributed by atoms with Crippen molar-refractivity contribution in [3.05, 3.63) is 34.9 Å². The van der Waals surface area contributed by atoms with Gasteiger partial charge in [-0.05, 0) is 55.8 Å². The molecule has 1 aromatic rings. The lowest BCUT2D eigenvalue weighted by molar-refractivity contribution is 0.0728. The van der Waals surface area contributed by atoms with Gasteiger partial charge in [0.2, 0.25) is 0 Å². The summed E-state index contributed by atoms with van der Waals surface area (Å²) in [6.07, 6.45) is 3.95. The number of thiol groups is 2. The third-order valence-electron chi connectivity index (χ3n) is 6.51. The number of rotatable bonds is 10. The van der Waals surface area contributed by atoms with Crippen LogP contribution >= 0.6 is 36.9 Å². The molecule has 0 radical (unpaired) electrons. The normalized spacial score (nSPS) is 28.2. The molecule has 2 bridgehead atoms. The molecule has 152 valence electrons. The van der Waals surface area contributed by atoms with E-state index in [4.69, 9.17) is 11.6 Å². The summed E-state index contributed by atoms with van der Waals surface area (Å²) in [5.41, 5.74) is 1.47. The van der Waals surface area contributed by atoms with E-state index in [2.05, 4.69) is 71.7 Å². The van der Waals surface area contributed by atoms with Gasteiger partial charge in [-0.15, -0.1) is 0 Å². The van der Waals surface area contributed by atoms with Crippen LogP contribution in [0.5, 0.6) is 0 Å². The molecule has 0 aliphatic carbocycles. The molecule has 1 N–H and O–H groups in total. The zero-order chi connectivity index (χ0) is 19.2. The number of piperidine rings is 1. The summed E-state index contributed by atoms with van der Waals surface area (Å²) in [6, 6.07) is 10.0. The summed E-state index contributed by atoms with van der Waals surface area (Å²) in [5.74, 6) is 3.10. The van der Waals surface area contributed by atoms with Crippen LogP contribution in [0.1, 0.15) is 30.7 Å². The zero-order valence-corrected chi connectivity index (χ0v) is 18.9. The van der Waals surface area contributed by atoms with Gasteiger partial charge in [-0.25, -0.2) is 0 Å². The number of halogens is 1. The van der Waals surface area contributed by atoms with Crippen LogP contribution in [0.25, 0.3) is 0 Å². The highest BCUT2D eigenvalue weighted by Crippen LogP contribution is 2.46. The molecule has 2 heterocycles. The Kier molecular flexibility index (Phi) is 8.67. The molecule has 2 aliphatic heterocycles. The molecule has 4 atom stereocenters. The smallest absolute Gasteiger partial charge is 0.0406 e. The number of fused-ring (bicyclic) bond motifs is 2. The first-order valence-corrected chi connectivity index (χ1v) is 11.9. The van der Waals surface area contributed by atoms with E-state index in [1.165, 1.54) is 24.8 Å². The van der Waals surface area contributed by atoms with E-state index in [9.17, 15) is 0 Å². The van der Waals surface area contributed by atoms with Gasteiger partial charge in [-0.1, -0.05) is 23.7 Å². The minimum absolute atomic E-state index is 0.629. The van der Waals surface area contributed by atoms with Crippen molar-refractivity contribution in [3.63, 3.8) is 0 Å². The molecule has 0 aromatic heterocycles. The van der Waals surface area contributed by atoms with Crippen molar-refractivity contribution in [1.29, 1.82) is 0 Å². The van der Waals surface area contributed by atoms with Crippen LogP contribution in [-0.2, 0) is 0 Å². The van der Waals surface area contributed by atoms with Crippen molar-refractivity contribution in [3.8, 4) is 0 Å². The van der Waals surface area contributed by atoms with Gasteiger partial charge in [-0.3, -0.25) is 0 Å². The van der Waals surface area contributed by atoms with Crippen LogP contribution in [0.3, 0.4) is 0 Å². The molecule has 27 heavy (non-hydrogen) atoms. The Balaban J connectivity index is 1.73. The van der Waals surface area contributed by atoms with E-state index in [0.29, 0.717) is 17.9 Å². The summed E-state index contributed by atoms with van der Waals surface area (Å²) < 4.78 is 0. The van der Waals surface area contributed by atoms with E-state index >= 15 is 0 Å². The fourth-order valence-electron chi connectivity index (χ4n) is 5.09. The fraction of sp³-hybridized carbons (Fsp3) is 0.714. The van der Waals surface area contributed by atoms with E-state index in [0.717, 1.165) is 55.3 Å². The second kappa shape index (κ2) is 10.7. The van der Waals surface area contributed by atoms with Crippen molar-refractivity contribution >= 4 is 36.9 Å². The predicted octanol–water partition coefficient (Wildman–Crippen LogP) is 3.66. The van der Waals surface area contributed by atoms with Crippen molar-refractivity contribution in [2.45, 2.75) is 37.3 Å². The Morgan fingerprint density at radius 3 is 2.59 bits per heavy atom. The molecule has 0 spiro atoms. The SMILES string of the molecule is CN1C2CC[C@@H]1C[C@H](c1ccc(Cl)cc1)C2CN(CCS)CCNCCS. The maximum Gasteiger partial charge on any atom is 0.0406 e. The summed E-state index contributed by atoms with van der Waals surface area (Å²) >= 11 is 15.0. The molecule has 3 nitrogen and oxygen atoms in total. The van der Waals surface area contributed by atoms with Crippen molar-refractivity contribution in [2.24, 2.45) is 5.92 Å².